The Balaban J connectivity index is 2.35. The molecule has 0 fully saturated rings. The van der Waals surface area contributed by atoms with E-state index in [0.29, 0.717) is 30.1 Å². The van der Waals surface area contributed by atoms with E-state index in [-0.39, 0.29) is 18.0 Å². The summed E-state index contributed by atoms with van der Waals surface area (Å²) >= 11 is 0. The number of ether oxygens (including phenoxy) is 3. The van der Waals surface area contributed by atoms with Crippen molar-refractivity contribution in [3.63, 3.8) is 0 Å². The summed E-state index contributed by atoms with van der Waals surface area (Å²) in [4.78, 5) is 12.7. The largest absolute Gasteiger partial charge is 0.491 e. The van der Waals surface area contributed by atoms with Crippen LogP contribution in [0.4, 0.5) is 0 Å². The van der Waals surface area contributed by atoms with Gasteiger partial charge in [-0.1, -0.05) is 24.8 Å². The van der Waals surface area contributed by atoms with Crippen molar-refractivity contribution in [2.45, 2.75) is 46.3 Å². The van der Waals surface area contributed by atoms with Gasteiger partial charge < -0.3 is 14.2 Å². The highest BCUT2D eigenvalue weighted by atomic mass is 16.5. The van der Waals surface area contributed by atoms with E-state index in [1.165, 1.54) is 0 Å². The number of ketones is 1. The van der Waals surface area contributed by atoms with Gasteiger partial charge in [-0.2, -0.15) is 0 Å². The number of carbonyl (C=O) groups is 1. The Hall–Kier alpha value is -3.27. The summed E-state index contributed by atoms with van der Waals surface area (Å²) in [6, 6.07) is 10.9. The quantitative estimate of drug-likeness (QED) is 0.225. The van der Waals surface area contributed by atoms with Crippen molar-refractivity contribution in [1.82, 2.24) is 0 Å². The summed E-state index contributed by atoms with van der Waals surface area (Å²) in [5.41, 5.74) is 2.42. The molecular weight excluding hydrogens is 388 g/mol. The van der Waals surface area contributed by atoms with E-state index in [1.54, 1.807) is 36.4 Å². The average molecular weight is 421 g/mol. The summed E-state index contributed by atoms with van der Waals surface area (Å²) in [5, 5.41) is 0. The maximum atomic E-state index is 12.7. The number of hydrogen-bond donors (Lipinski definition) is 0. The highest BCUT2D eigenvalue weighted by Crippen LogP contribution is 2.32. The van der Waals surface area contributed by atoms with Gasteiger partial charge in [0.2, 0.25) is 0 Å². The molecule has 4 heteroatoms. The van der Waals surface area contributed by atoms with Crippen molar-refractivity contribution in [2.24, 2.45) is 0 Å². The molecule has 0 radical (unpaired) electrons. The number of rotatable bonds is 12. The zero-order chi connectivity index (χ0) is 22.8. The second kappa shape index (κ2) is 11.8. The Bertz CT molecular complexity index is 921. The van der Waals surface area contributed by atoms with E-state index in [4.69, 9.17) is 14.2 Å². The molecule has 4 nitrogen and oxygen atoms in total. The predicted octanol–water partition coefficient (Wildman–Crippen LogP) is 6.45. The van der Waals surface area contributed by atoms with Gasteiger partial charge in [-0.05, 0) is 76.1 Å². The molecule has 0 saturated heterocycles. The molecule has 2 rings (SSSR count). The van der Waals surface area contributed by atoms with Crippen LogP contribution >= 0.6 is 0 Å². The number of carbonyl (C=O) groups excluding carboxylic acids is 1. The smallest absolute Gasteiger partial charge is 0.185 e. The number of hydrogen-bond acceptors (Lipinski definition) is 4. The second-order valence-electron chi connectivity index (χ2n) is 7.64. The molecule has 2 aromatic rings. The Kier molecular flexibility index (Phi) is 9.13. The van der Waals surface area contributed by atoms with Crippen LogP contribution in [-0.4, -0.2) is 24.6 Å². The molecule has 0 amide bonds. The SMILES string of the molecule is C=CCOc1ccc(C(=O)C=Cc2cc(OC(C)C)cc(OC(C)C)c2CC=C)cc1. The van der Waals surface area contributed by atoms with Gasteiger partial charge >= 0.3 is 0 Å². The van der Waals surface area contributed by atoms with Crippen LogP contribution in [0.5, 0.6) is 17.2 Å². The van der Waals surface area contributed by atoms with Gasteiger partial charge in [0.05, 0.1) is 12.2 Å². The van der Waals surface area contributed by atoms with Gasteiger partial charge in [-0.25, -0.2) is 0 Å². The topological polar surface area (TPSA) is 44.8 Å². The minimum absolute atomic E-state index is 0.0122. The third-order valence-electron chi connectivity index (χ3n) is 4.22. The maximum absolute atomic E-state index is 12.7. The molecule has 0 atom stereocenters. The van der Waals surface area contributed by atoms with Gasteiger partial charge in [0, 0.05) is 17.2 Å². The fourth-order valence-corrected chi connectivity index (χ4v) is 2.98. The Morgan fingerprint density at radius 2 is 1.61 bits per heavy atom. The zero-order valence-electron chi connectivity index (χ0n) is 18.9. The lowest BCUT2D eigenvalue weighted by molar-refractivity contribution is 0.104. The molecular formula is C27H32O4. The molecule has 0 aliphatic carbocycles. The Morgan fingerprint density at radius 3 is 2.19 bits per heavy atom. The van der Waals surface area contributed by atoms with Crippen molar-refractivity contribution < 1.29 is 19.0 Å². The standard InChI is InChI=1S/C27H32O4/c1-7-9-25-22(17-24(30-19(3)4)18-27(25)31-20(5)6)12-15-26(28)21-10-13-23(14-11-21)29-16-8-2/h7-8,10-15,17-20H,1-2,9,16H2,3-6H3. The molecule has 0 heterocycles. The summed E-state index contributed by atoms with van der Waals surface area (Å²) < 4.78 is 17.4. The summed E-state index contributed by atoms with van der Waals surface area (Å²) in [5.74, 6) is 2.04. The maximum Gasteiger partial charge on any atom is 0.185 e. The fraction of sp³-hybridized carbons (Fsp3) is 0.296. The van der Waals surface area contributed by atoms with E-state index >= 15 is 0 Å². The van der Waals surface area contributed by atoms with Crippen molar-refractivity contribution in [3.05, 3.63) is 84.5 Å². The van der Waals surface area contributed by atoms with Crippen molar-refractivity contribution in [3.8, 4) is 17.2 Å². The first-order valence-corrected chi connectivity index (χ1v) is 10.5. The van der Waals surface area contributed by atoms with E-state index < -0.39 is 0 Å². The first-order chi connectivity index (χ1) is 14.8. The fourth-order valence-electron chi connectivity index (χ4n) is 2.98. The molecule has 0 aliphatic rings. The van der Waals surface area contributed by atoms with Crippen LogP contribution in [0.1, 0.15) is 49.2 Å². The van der Waals surface area contributed by atoms with Crippen molar-refractivity contribution in [2.75, 3.05) is 6.61 Å². The molecule has 31 heavy (non-hydrogen) atoms. The van der Waals surface area contributed by atoms with Crippen molar-refractivity contribution >= 4 is 11.9 Å². The highest BCUT2D eigenvalue weighted by Gasteiger charge is 2.13. The van der Waals surface area contributed by atoms with E-state index in [2.05, 4.69) is 13.2 Å². The van der Waals surface area contributed by atoms with E-state index in [9.17, 15) is 4.79 Å². The molecule has 0 spiro atoms. The summed E-state index contributed by atoms with van der Waals surface area (Å²) in [7, 11) is 0. The number of allylic oxidation sites excluding steroid dienone is 2. The normalized spacial score (nSPS) is 11.0. The van der Waals surface area contributed by atoms with Gasteiger partial charge in [0.25, 0.3) is 0 Å². The third-order valence-corrected chi connectivity index (χ3v) is 4.22. The predicted molar refractivity (Wildman–Crippen MR) is 127 cm³/mol. The molecule has 2 aromatic carbocycles. The van der Waals surface area contributed by atoms with Crippen LogP contribution in [0.15, 0.2) is 67.8 Å². The van der Waals surface area contributed by atoms with Gasteiger partial charge in [-0.15, -0.1) is 6.58 Å². The highest BCUT2D eigenvalue weighted by molar-refractivity contribution is 6.07. The molecule has 0 saturated carbocycles. The third kappa shape index (κ3) is 7.49. The Morgan fingerprint density at radius 1 is 0.935 bits per heavy atom. The van der Waals surface area contributed by atoms with Crippen molar-refractivity contribution in [1.29, 1.82) is 0 Å². The molecule has 164 valence electrons. The lowest BCUT2D eigenvalue weighted by Crippen LogP contribution is -2.10. The molecule has 0 aliphatic heterocycles. The Labute approximate surface area is 185 Å². The number of benzene rings is 2. The second-order valence-corrected chi connectivity index (χ2v) is 7.64. The zero-order valence-corrected chi connectivity index (χ0v) is 18.9. The van der Waals surface area contributed by atoms with E-state index in [0.717, 1.165) is 16.9 Å². The lowest BCUT2D eigenvalue weighted by atomic mass is 10.0. The molecule has 0 aromatic heterocycles. The van der Waals surface area contributed by atoms with E-state index in [1.807, 2.05) is 52.0 Å². The first kappa shape index (κ1) is 24.0. The van der Waals surface area contributed by atoms with Crippen LogP contribution in [0.3, 0.4) is 0 Å². The monoisotopic (exact) mass is 420 g/mol. The minimum Gasteiger partial charge on any atom is -0.491 e. The van der Waals surface area contributed by atoms with Gasteiger partial charge in [0.15, 0.2) is 5.78 Å². The van der Waals surface area contributed by atoms with Gasteiger partial charge in [-0.3, -0.25) is 4.79 Å². The first-order valence-electron chi connectivity index (χ1n) is 10.5. The summed E-state index contributed by atoms with van der Waals surface area (Å²) in [6.45, 7) is 15.8. The van der Waals surface area contributed by atoms with Crippen LogP contribution in [-0.2, 0) is 6.42 Å². The van der Waals surface area contributed by atoms with Crippen LogP contribution < -0.4 is 14.2 Å². The molecule has 0 bridgehead atoms. The molecule has 0 N–H and O–H groups in total. The van der Waals surface area contributed by atoms with Crippen LogP contribution in [0, 0.1) is 0 Å². The van der Waals surface area contributed by atoms with Crippen LogP contribution in [0.2, 0.25) is 0 Å². The minimum atomic E-state index is -0.0960. The lowest BCUT2D eigenvalue weighted by Gasteiger charge is -2.19. The summed E-state index contributed by atoms with van der Waals surface area (Å²) in [6.07, 6.45) is 7.54. The van der Waals surface area contributed by atoms with Crippen LogP contribution in [0.25, 0.3) is 6.08 Å². The van der Waals surface area contributed by atoms with Gasteiger partial charge in [0.1, 0.15) is 23.9 Å². The average Bonchev–Trinajstić information content (AvgIpc) is 2.72. The molecule has 0 unspecified atom stereocenters.